The molecule has 7 nitrogen and oxygen atoms in total. The van der Waals surface area contributed by atoms with Crippen molar-refractivity contribution in [2.75, 3.05) is 32.8 Å². The van der Waals surface area contributed by atoms with Crippen LogP contribution in [0.15, 0.2) is 0 Å². The second kappa shape index (κ2) is 5.37. The summed E-state index contributed by atoms with van der Waals surface area (Å²) in [5, 5.41) is 49.0. The summed E-state index contributed by atoms with van der Waals surface area (Å²) in [7, 11) is 0. The van der Waals surface area contributed by atoms with Crippen molar-refractivity contribution in [3.8, 4) is 0 Å². The predicted molar refractivity (Wildman–Crippen MR) is 78.9 cm³/mol. The summed E-state index contributed by atoms with van der Waals surface area (Å²) in [6.45, 7) is 7.33. The number of nitrogens with zero attached hydrogens (tertiary/aromatic N) is 2. The van der Waals surface area contributed by atoms with Crippen LogP contribution in [-0.2, 0) is 0 Å². The lowest BCUT2D eigenvalue weighted by atomic mass is 9.63. The lowest BCUT2D eigenvalue weighted by Crippen LogP contribution is -2.77. The van der Waals surface area contributed by atoms with Crippen LogP contribution in [0.25, 0.3) is 0 Å². The monoisotopic (exact) mass is 316 g/mol. The first-order valence-corrected chi connectivity index (χ1v) is 7.99. The normalized spacial score (nSPS) is 49.0. The van der Waals surface area contributed by atoms with Crippen LogP contribution in [0.1, 0.15) is 20.3 Å². The summed E-state index contributed by atoms with van der Waals surface area (Å²) < 4.78 is 0. The third-order valence-electron chi connectivity index (χ3n) is 5.53. The highest BCUT2D eigenvalue weighted by atomic mass is 16.4. The minimum atomic E-state index is -1.56. The highest BCUT2D eigenvalue weighted by Gasteiger charge is 2.58. The molecular weight excluding hydrogens is 288 g/mol. The van der Waals surface area contributed by atoms with Crippen LogP contribution in [0.2, 0.25) is 0 Å². The van der Waals surface area contributed by atoms with E-state index in [1.165, 1.54) is 6.42 Å². The van der Waals surface area contributed by atoms with Crippen molar-refractivity contribution in [3.05, 3.63) is 0 Å². The van der Waals surface area contributed by atoms with Crippen LogP contribution in [0.4, 0.5) is 0 Å². The van der Waals surface area contributed by atoms with Crippen molar-refractivity contribution in [3.63, 3.8) is 0 Å². The van der Waals surface area contributed by atoms with E-state index >= 15 is 0 Å². The first kappa shape index (κ1) is 16.6. The number of aliphatic hydroxyl groups excluding tert-OH is 5. The van der Waals surface area contributed by atoms with E-state index in [2.05, 4.69) is 23.6 Å². The molecule has 0 amide bonds. The Bertz CT molecular complexity index is 398. The molecule has 4 aliphatic heterocycles. The Labute approximate surface area is 130 Å². The third-order valence-corrected chi connectivity index (χ3v) is 5.53. The van der Waals surface area contributed by atoms with Gasteiger partial charge in [0.15, 0.2) is 0 Å². The zero-order chi connectivity index (χ0) is 16.3. The number of rotatable bonds is 5. The maximum atomic E-state index is 10.5. The fraction of sp³-hybridized carbons (Fsp3) is 1.00. The van der Waals surface area contributed by atoms with Crippen LogP contribution in [0.3, 0.4) is 0 Å². The fourth-order valence-corrected chi connectivity index (χ4v) is 5.18. The Balaban J connectivity index is 1.76. The molecule has 0 aromatic carbocycles. The van der Waals surface area contributed by atoms with Crippen LogP contribution >= 0.6 is 0 Å². The molecule has 0 saturated carbocycles. The maximum Gasteiger partial charge on any atom is 0.111 e. The van der Waals surface area contributed by atoms with E-state index in [0.29, 0.717) is 0 Å². The molecule has 4 aliphatic rings. The zero-order valence-electron chi connectivity index (χ0n) is 13.3. The first-order valence-electron chi connectivity index (χ1n) is 7.99. The topological polar surface area (TPSA) is 108 Å². The van der Waals surface area contributed by atoms with Gasteiger partial charge in [0, 0.05) is 26.2 Å². The van der Waals surface area contributed by atoms with Crippen molar-refractivity contribution in [1.82, 2.24) is 9.80 Å². The third kappa shape index (κ3) is 2.58. The van der Waals surface area contributed by atoms with Gasteiger partial charge in [-0.2, -0.15) is 0 Å². The van der Waals surface area contributed by atoms with Gasteiger partial charge in [0.25, 0.3) is 0 Å². The summed E-state index contributed by atoms with van der Waals surface area (Å²) in [6, 6.07) is 0. The van der Waals surface area contributed by atoms with Crippen molar-refractivity contribution in [2.45, 2.75) is 50.8 Å². The van der Waals surface area contributed by atoms with Crippen molar-refractivity contribution < 1.29 is 25.5 Å². The largest absolute Gasteiger partial charge is 0.394 e. The number of hydrogen-bond acceptors (Lipinski definition) is 7. The van der Waals surface area contributed by atoms with Crippen molar-refractivity contribution in [2.24, 2.45) is 10.8 Å². The Hall–Kier alpha value is -0.280. The molecule has 4 bridgehead atoms. The Morgan fingerprint density at radius 2 is 1.36 bits per heavy atom. The van der Waals surface area contributed by atoms with E-state index in [1.54, 1.807) is 0 Å². The van der Waals surface area contributed by atoms with Crippen molar-refractivity contribution in [1.29, 1.82) is 0 Å². The van der Waals surface area contributed by atoms with Gasteiger partial charge in [0.1, 0.15) is 24.4 Å². The minimum Gasteiger partial charge on any atom is -0.394 e. The molecule has 5 N–H and O–H groups in total. The molecule has 7 heteroatoms. The second-order valence-corrected chi connectivity index (χ2v) is 8.24. The number of piperidine rings is 2. The van der Waals surface area contributed by atoms with Gasteiger partial charge in [0.05, 0.1) is 12.8 Å². The summed E-state index contributed by atoms with van der Waals surface area (Å²) in [5.41, 5.74) is 0.408. The lowest BCUT2D eigenvalue weighted by Gasteiger charge is -2.67. The van der Waals surface area contributed by atoms with Gasteiger partial charge in [-0.05, 0) is 17.3 Å². The summed E-state index contributed by atoms with van der Waals surface area (Å²) in [4.78, 5) is 4.37. The molecule has 0 radical (unpaired) electrons. The molecule has 4 saturated heterocycles. The van der Waals surface area contributed by atoms with Crippen LogP contribution in [0, 0.1) is 10.8 Å². The molecule has 4 atom stereocenters. The summed E-state index contributed by atoms with van der Waals surface area (Å²) in [5.74, 6) is 0. The second-order valence-electron chi connectivity index (χ2n) is 8.24. The molecule has 128 valence electrons. The fourth-order valence-electron chi connectivity index (χ4n) is 5.18. The molecule has 0 aromatic rings. The van der Waals surface area contributed by atoms with E-state index in [1.807, 2.05) is 0 Å². The van der Waals surface area contributed by atoms with Gasteiger partial charge in [-0.25, -0.2) is 0 Å². The average molecular weight is 316 g/mol. The summed E-state index contributed by atoms with van der Waals surface area (Å²) in [6.07, 6.45) is -4.89. The highest BCUT2D eigenvalue weighted by molar-refractivity contribution is 5.09. The number of hydrogen-bond donors (Lipinski definition) is 5. The predicted octanol–water partition coefficient (Wildman–Crippen LogP) is -2.20. The maximum absolute atomic E-state index is 10.5. The molecule has 4 rings (SSSR count). The van der Waals surface area contributed by atoms with E-state index < -0.39 is 31.0 Å². The smallest absolute Gasteiger partial charge is 0.111 e. The average Bonchev–Trinajstić information content (AvgIpc) is 2.41. The van der Waals surface area contributed by atoms with Gasteiger partial charge in [-0.15, -0.1) is 0 Å². The highest BCUT2D eigenvalue weighted by Crippen LogP contribution is 2.51. The molecule has 4 fully saturated rings. The Kier molecular flexibility index (Phi) is 4.05. The Morgan fingerprint density at radius 1 is 0.909 bits per heavy atom. The zero-order valence-corrected chi connectivity index (χ0v) is 13.3. The molecule has 0 aromatic heterocycles. The van der Waals surface area contributed by atoms with Gasteiger partial charge >= 0.3 is 0 Å². The molecule has 0 aliphatic carbocycles. The molecule has 4 heterocycles. The molecular formula is C15H28N2O5. The van der Waals surface area contributed by atoms with E-state index in [0.717, 1.165) is 26.2 Å². The van der Waals surface area contributed by atoms with Gasteiger partial charge < -0.3 is 25.5 Å². The molecule has 0 unspecified atom stereocenters. The van der Waals surface area contributed by atoms with Gasteiger partial charge in [-0.1, -0.05) is 13.8 Å². The van der Waals surface area contributed by atoms with Crippen LogP contribution in [0.5, 0.6) is 0 Å². The van der Waals surface area contributed by atoms with E-state index in [-0.39, 0.29) is 17.0 Å². The van der Waals surface area contributed by atoms with Crippen molar-refractivity contribution >= 4 is 0 Å². The molecule has 0 spiro atoms. The van der Waals surface area contributed by atoms with E-state index in [4.69, 9.17) is 5.11 Å². The SMILES string of the molecule is CC12CN3CC(C)(CN(C1)C3[C@@H](O)[C@H](O)[C@H](O)[C@H](O)CO)C2. The van der Waals surface area contributed by atoms with Gasteiger partial charge in [-0.3, -0.25) is 9.80 Å². The van der Waals surface area contributed by atoms with E-state index in [9.17, 15) is 20.4 Å². The first-order chi connectivity index (χ1) is 10.2. The summed E-state index contributed by atoms with van der Waals surface area (Å²) >= 11 is 0. The number of aliphatic hydroxyl groups is 5. The van der Waals surface area contributed by atoms with Crippen LogP contribution < -0.4 is 0 Å². The van der Waals surface area contributed by atoms with Gasteiger partial charge in [0.2, 0.25) is 0 Å². The standard InChI is InChI=1S/C15H28N2O5/c1-14-4-15(2)7-16(5-14)13(17(6-14)8-15)12(22)11(21)10(20)9(19)3-18/h9-13,18-22H,3-8H2,1-2H3/t9-,10-,11-,12+,13?,14?,15?/m1/s1. The quantitative estimate of drug-likeness (QED) is 0.392. The minimum absolute atomic E-state index is 0.204. The Morgan fingerprint density at radius 3 is 1.77 bits per heavy atom. The van der Waals surface area contributed by atoms with Crippen LogP contribution in [-0.4, -0.2) is 98.7 Å². The molecule has 22 heavy (non-hydrogen) atoms. The lowest BCUT2D eigenvalue weighted by molar-refractivity contribution is -0.237.